The van der Waals surface area contributed by atoms with Crippen LogP contribution >= 0.6 is 0 Å². The fourth-order valence-electron chi connectivity index (χ4n) is 0.774. The predicted octanol–water partition coefficient (Wildman–Crippen LogP) is 2.77. The molecular formula is C11H22N2. The summed E-state index contributed by atoms with van der Waals surface area (Å²) in [6.07, 6.45) is 3.60. The molecule has 2 nitrogen and oxygen atoms in total. The van der Waals surface area contributed by atoms with Crippen molar-refractivity contribution in [3.8, 4) is 0 Å². The third-order valence-electron chi connectivity index (χ3n) is 1.30. The molecule has 0 atom stereocenters. The van der Waals surface area contributed by atoms with E-state index in [-0.39, 0.29) is 0 Å². The molecule has 13 heavy (non-hydrogen) atoms. The lowest BCUT2D eigenvalue weighted by atomic mass is 10.2. The van der Waals surface area contributed by atoms with Crippen LogP contribution in [0.5, 0.6) is 0 Å². The van der Waals surface area contributed by atoms with E-state index in [0.29, 0.717) is 0 Å². The van der Waals surface area contributed by atoms with Crippen molar-refractivity contribution < 1.29 is 0 Å². The van der Waals surface area contributed by atoms with E-state index in [1.807, 2.05) is 33.8 Å². The van der Waals surface area contributed by atoms with Crippen LogP contribution in [0.25, 0.3) is 0 Å². The van der Waals surface area contributed by atoms with Gasteiger partial charge in [-0.25, -0.2) is 5.43 Å². The van der Waals surface area contributed by atoms with Crippen LogP contribution < -0.4 is 10.9 Å². The molecule has 0 aromatic heterocycles. The summed E-state index contributed by atoms with van der Waals surface area (Å²) in [4.78, 5) is 0. The maximum Gasteiger partial charge on any atom is 0.0527 e. The molecule has 0 aromatic rings. The predicted molar refractivity (Wildman–Crippen MR) is 61.3 cm³/mol. The molecule has 0 unspecified atom stereocenters. The molecule has 0 spiro atoms. The smallest absolute Gasteiger partial charge is 0.0527 e. The van der Waals surface area contributed by atoms with Gasteiger partial charge >= 0.3 is 0 Å². The van der Waals surface area contributed by atoms with E-state index in [2.05, 4.69) is 24.0 Å². The molecule has 0 bridgehead atoms. The average Bonchev–Trinajstić information content (AvgIpc) is 2.70. The third kappa shape index (κ3) is 5.26. The first kappa shape index (κ1) is 14.5. The first-order chi connectivity index (χ1) is 6.38. The summed E-state index contributed by atoms with van der Waals surface area (Å²) in [5.74, 6) is 0. The zero-order chi connectivity index (χ0) is 10.7. The van der Waals surface area contributed by atoms with Gasteiger partial charge in [-0.2, -0.15) is 0 Å². The molecule has 2 N–H and O–H groups in total. The molecule has 0 amide bonds. The summed E-state index contributed by atoms with van der Waals surface area (Å²) in [5.41, 5.74) is 8.11. The summed E-state index contributed by atoms with van der Waals surface area (Å²) in [6, 6.07) is 0. The molecule has 0 radical (unpaired) electrons. The van der Waals surface area contributed by atoms with Crippen molar-refractivity contribution in [2.75, 3.05) is 6.54 Å². The van der Waals surface area contributed by atoms with Gasteiger partial charge in [0.2, 0.25) is 0 Å². The fourth-order valence-corrected chi connectivity index (χ4v) is 0.774. The second-order valence-electron chi connectivity index (χ2n) is 1.83. The van der Waals surface area contributed by atoms with Gasteiger partial charge in [0.05, 0.1) is 5.70 Å². The summed E-state index contributed by atoms with van der Waals surface area (Å²) in [6.45, 7) is 16.1. The van der Waals surface area contributed by atoms with Crippen molar-refractivity contribution in [1.82, 2.24) is 10.9 Å². The van der Waals surface area contributed by atoms with Crippen molar-refractivity contribution in [3.05, 3.63) is 36.6 Å². The Bertz CT molecular complexity index is 151. The lowest BCUT2D eigenvalue weighted by molar-refractivity contribution is 0.708. The van der Waals surface area contributed by atoms with E-state index in [9.17, 15) is 0 Å². The normalized spacial score (nSPS) is 12.9. The minimum absolute atomic E-state index is 0.838. The molecule has 76 valence electrons. The minimum atomic E-state index is 0.838. The zero-order valence-corrected chi connectivity index (χ0v) is 9.28. The largest absolute Gasteiger partial charge is 0.321 e. The summed E-state index contributed by atoms with van der Waals surface area (Å²) < 4.78 is 0. The fraction of sp³-hybridized carbons (Fsp3) is 0.455. The van der Waals surface area contributed by atoms with Crippen molar-refractivity contribution in [3.63, 3.8) is 0 Å². The van der Waals surface area contributed by atoms with E-state index >= 15 is 0 Å². The number of hydrogen-bond acceptors (Lipinski definition) is 2. The molecular weight excluding hydrogens is 160 g/mol. The highest BCUT2D eigenvalue weighted by Gasteiger charge is 2.05. The number of rotatable bonds is 2. The van der Waals surface area contributed by atoms with E-state index in [4.69, 9.17) is 0 Å². The Balaban J connectivity index is 0. The summed E-state index contributed by atoms with van der Waals surface area (Å²) >= 11 is 0. The Morgan fingerprint density at radius 3 is 1.92 bits per heavy atom. The molecule has 1 aliphatic rings. The first-order valence-electron chi connectivity index (χ1n) is 4.85. The second-order valence-corrected chi connectivity index (χ2v) is 1.83. The van der Waals surface area contributed by atoms with Crippen LogP contribution in [-0.2, 0) is 0 Å². The summed E-state index contributed by atoms with van der Waals surface area (Å²) in [7, 11) is 0. The maximum atomic E-state index is 3.66. The van der Waals surface area contributed by atoms with Crippen molar-refractivity contribution >= 4 is 0 Å². The highest BCUT2D eigenvalue weighted by Crippen LogP contribution is 2.05. The number of hydrogen-bond donors (Lipinski definition) is 2. The SMILES string of the molecule is C=CC1=C(C=C)NNC1.CC.CC. The Morgan fingerprint density at radius 2 is 1.62 bits per heavy atom. The number of allylic oxidation sites excluding steroid dienone is 1. The first-order valence-corrected chi connectivity index (χ1v) is 4.85. The van der Waals surface area contributed by atoms with Gasteiger partial charge < -0.3 is 5.43 Å². The molecule has 1 heterocycles. The molecule has 1 aliphatic heterocycles. The molecule has 2 heteroatoms. The van der Waals surface area contributed by atoms with Crippen LogP contribution in [0.4, 0.5) is 0 Å². The molecule has 1 rings (SSSR count). The molecule has 0 aliphatic carbocycles. The highest BCUT2D eigenvalue weighted by atomic mass is 15.4. The van der Waals surface area contributed by atoms with Crippen molar-refractivity contribution in [2.24, 2.45) is 0 Å². The van der Waals surface area contributed by atoms with Gasteiger partial charge in [0.25, 0.3) is 0 Å². The topological polar surface area (TPSA) is 24.1 Å². The van der Waals surface area contributed by atoms with Crippen molar-refractivity contribution in [2.45, 2.75) is 27.7 Å². The minimum Gasteiger partial charge on any atom is -0.321 e. The van der Waals surface area contributed by atoms with E-state index < -0.39 is 0 Å². The molecule has 0 saturated heterocycles. The Labute approximate surface area is 82.4 Å². The molecule has 0 fully saturated rings. The van der Waals surface area contributed by atoms with Crippen LogP contribution in [0, 0.1) is 0 Å². The van der Waals surface area contributed by atoms with Gasteiger partial charge in [0, 0.05) is 6.54 Å². The zero-order valence-electron chi connectivity index (χ0n) is 9.28. The standard InChI is InChI=1S/C7H10N2.2C2H6/c1-3-6-5-8-9-7(6)4-2;2*1-2/h3-4,8-9H,1-2,5H2;2*1-2H3. The van der Waals surface area contributed by atoms with E-state index in [0.717, 1.165) is 12.2 Å². The maximum absolute atomic E-state index is 3.66. The second kappa shape index (κ2) is 11.0. The summed E-state index contributed by atoms with van der Waals surface area (Å²) in [5, 5.41) is 0. The number of nitrogens with one attached hydrogen (secondary N) is 2. The van der Waals surface area contributed by atoms with Crippen LogP contribution in [-0.4, -0.2) is 6.54 Å². The van der Waals surface area contributed by atoms with Crippen molar-refractivity contribution in [1.29, 1.82) is 0 Å². The van der Waals surface area contributed by atoms with Gasteiger partial charge in [-0.05, 0) is 11.6 Å². The Morgan fingerprint density at radius 1 is 1.08 bits per heavy atom. The third-order valence-corrected chi connectivity index (χ3v) is 1.30. The van der Waals surface area contributed by atoms with Gasteiger partial charge in [-0.1, -0.05) is 46.9 Å². The Hall–Kier alpha value is -1.02. The average molecular weight is 182 g/mol. The van der Waals surface area contributed by atoms with Crippen LogP contribution in [0.2, 0.25) is 0 Å². The van der Waals surface area contributed by atoms with Crippen LogP contribution in [0.1, 0.15) is 27.7 Å². The van der Waals surface area contributed by atoms with Gasteiger partial charge in [0.15, 0.2) is 0 Å². The Kier molecular flexibility index (Phi) is 12.2. The van der Waals surface area contributed by atoms with E-state index in [1.165, 1.54) is 5.57 Å². The molecule has 0 saturated carbocycles. The van der Waals surface area contributed by atoms with E-state index in [1.54, 1.807) is 6.08 Å². The van der Waals surface area contributed by atoms with Crippen LogP contribution in [0.15, 0.2) is 36.6 Å². The lowest BCUT2D eigenvalue weighted by Crippen LogP contribution is -2.22. The van der Waals surface area contributed by atoms with Gasteiger partial charge in [0.1, 0.15) is 0 Å². The van der Waals surface area contributed by atoms with Gasteiger partial charge in [-0.3, -0.25) is 0 Å². The quantitative estimate of drug-likeness (QED) is 0.686. The number of hydrazine groups is 1. The lowest BCUT2D eigenvalue weighted by Gasteiger charge is -1.93. The molecule has 0 aromatic carbocycles. The monoisotopic (exact) mass is 182 g/mol. The highest BCUT2D eigenvalue weighted by molar-refractivity contribution is 5.33. The van der Waals surface area contributed by atoms with Gasteiger partial charge in [-0.15, -0.1) is 0 Å². The van der Waals surface area contributed by atoms with Crippen LogP contribution in [0.3, 0.4) is 0 Å².